The maximum Gasteiger partial charge on any atom is 0.472 e. The highest BCUT2D eigenvalue weighted by Crippen LogP contribution is 2.49. The minimum absolute atomic E-state index is 0.0606. The summed E-state index contributed by atoms with van der Waals surface area (Å²) in [5, 5.41) is 51.7. The molecule has 0 saturated heterocycles. The number of hydrogen-bond donors (Lipinski definition) is 8. The van der Waals surface area contributed by atoms with Crippen LogP contribution in [0.4, 0.5) is 0 Å². The number of allylic oxidation sites excluding steroid dienone is 13. The van der Waals surface area contributed by atoms with Gasteiger partial charge >= 0.3 is 27.6 Å². The van der Waals surface area contributed by atoms with Crippen molar-refractivity contribution in [2.75, 3.05) is 13.2 Å². The first-order valence-corrected chi connectivity index (χ1v) is 28.3. The first-order valence-electron chi connectivity index (χ1n) is 25.2. The number of esters is 2. The number of phosphoric ester groups is 2. The van der Waals surface area contributed by atoms with Gasteiger partial charge in [-0.15, -0.1) is 0 Å². The largest absolute Gasteiger partial charge is 0.472 e. The molecule has 8 N–H and O–H groups in total. The van der Waals surface area contributed by atoms with Crippen LogP contribution in [0, 0.1) is 0 Å². The highest BCUT2D eigenvalue weighted by Gasteiger charge is 2.54. The van der Waals surface area contributed by atoms with Crippen LogP contribution in [0.25, 0.3) is 0 Å². The summed E-state index contributed by atoms with van der Waals surface area (Å²) in [5.74, 6) is -1.43. The molecule has 0 amide bonds. The lowest BCUT2D eigenvalue weighted by molar-refractivity contribution is -0.216. The van der Waals surface area contributed by atoms with Gasteiger partial charge in [0.15, 0.2) is 6.10 Å². The van der Waals surface area contributed by atoms with Crippen molar-refractivity contribution in [3.8, 4) is 0 Å². The second-order valence-electron chi connectivity index (χ2n) is 17.3. The van der Waals surface area contributed by atoms with Gasteiger partial charge in [0.2, 0.25) is 0 Å². The van der Waals surface area contributed by atoms with Crippen LogP contribution in [0.5, 0.6) is 0 Å². The summed E-state index contributed by atoms with van der Waals surface area (Å²) in [4.78, 5) is 54.4. The molecule has 0 heterocycles. The van der Waals surface area contributed by atoms with Gasteiger partial charge in [0.1, 0.15) is 43.2 Å². The van der Waals surface area contributed by atoms with E-state index >= 15 is 0 Å². The number of carbonyl (C=O) groups excluding carboxylic acids is 2. The van der Waals surface area contributed by atoms with Crippen molar-refractivity contribution in [2.24, 2.45) is 0 Å². The van der Waals surface area contributed by atoms with Crippen LogP contribution >= 0.6 is 15.6 Å². The third kappa shape index (κ3) is 34.5. The quantitative estimate of drug-likeness (QED) is 0.00932. The molecule has 0 radical (unpaired) electrons. The summed E-state index contributed by atoms with van der Waals surface area (Å²) in [6, 6.07) is 0. The van der Waals surface area contributed by atoms with Gasteiger partial charge in [0.05, 0.1) is 12.7 Å². The van der Waals surface area contributed by atoms with E-state index in [2.05, 4.69) is 79.1 Å². The van der Waals surface area contributed by atoms with Crippen molar-refractivity contribution in [2.45, 2.75) is 210 Å². The zero-order valence-corrected chi connectivity index (χ0v) is 43.3. The zero-order chi connectivity index (χ0) is 51.9. The molecule has 0 spiro atoms. The maximum atomic E-state index is 13.0. The molecular weight excluding hydrogens is 946 g/mol. The fourth-order valence-corrected chi connectivity index (χ4v) is 8.68. The molecule has 70 heavy (non-hydrogen) atoms. The topological polar surface area (TPSA) is 276 Å². The Balaban J connectivity index is 2.65. The predicted octanol–water partition coefficient (Wildman–Crippen LogP) is 9.15. The van der Waals surface area contributed by atoms with Crippen LogP contribution in [-0.2, 0) is 41.8 Å². The summed E-state index contributed by atoms with van der Waals surface area (Å²) in [5.41, 5.74) is 0. The van der Waals surface area contributed by atoms with E-state index in [1.165, 1.54) is 38.5 Å². The molecule has 1 aliphatic carbocycles. The van der Waals surface area contributed by atoms with Crippen LogP contribution in [0.2, 0.25) is 0 Å². The summed E-state index contributed by atoms with van der Waals surface area (Å²) < 4.78 is 49.3. The van der Waals surface area contributed by atoms with Gasteiger partial charge < -0.3 is 49.7 Å². The number of rotatable bonds is 41. The van der Waals surface area contributed by atoms with E-state index in [1.54, 1.807) is 12.2 Å². The zero-order valence-electron chi connectivity index (χ0n) is 41.5. The fourth-order valence-electron chi connectivity index (χ4n) is 7.14. The molecule has 1 aliphatic rings. The highest BCUT2D eigenvalue weighted by molar-refractivity contribution is 7.47. The van der Waals surface area contributed by atoms with Gasteiger partial charge in [-0.25, -0.2) is 9.13 Å². The lowest BCUT2D eigenvalue weighted by Crippen LogP contribution is -2.64. The molecule has 0 aromatic carbocycles. The molecule has 1 rings (SSSR count). The van der Waals surface area contributed by atoms with Crippen molar-refractivity contribution in [1.29, 1.82) is 0 Å². The van der Waals surface area contributed by atoms with Gasteiger partial charge in [0.25, 0.3) is 0 Å². The maximum absolute atomic E-state index is 13.0. The Bertz CT molecular complexity index is 1690. The van der Waals surface area contributed by atoms with E-state index in [-0.39, 0.29) is 25.7 Å². The third-order valence-electron chi connectivity index (χ3n) is 11.1. The molecule has 1 saturated carbocycles. The molecule has 402 valence electrons. The van der Waals surface area contributed by atoms with E-state index in [0.29, 0.717) is 6.42 Å². The summed E-state index contributed by atoms with van der Waals surface area (Å²) in [6.45, 7) is 2.82. The van der Waals surface area contributed by atoms with E-state index in [1.807, 2.05) is 12.2 Å². The monoisotopic (exact) mass is 1030 g/mol. The van der Waals surface area contributed by atoms with Crippen molar-refractivity contribution < 1.29 is 82.0 Å². The van der Waals surface area contributed by atoms with E-state index < -0.39 is 89.6 Å². The van der Waals surface area contributed by atoms with E-state index in [0.717, 1.165) is 77.0 Å². The van der Waals surface area contributed by atoms with Crippen molar-refractivity contribution in [3.05, 3.63) is 85.1 Å². The minimum Gasteiger partial charge on any atom is -0.462 e. The molecule has 0 bridgehead atoms. The van der Waals surface area contributed by atoms with Crippen LogP contribution in [0.3, 0.4) is 0 Å². The van der Waals surface area contributed by atoms with Gasteiger partial charge in [-0.3, -0.25) is 23.2 Å². The molecule has 17 nitrogen and oxygen atoms in total. The average molecular weight is 1030 g/mol. The highest BCUT2D eigenvalue weighted by atomic mass is 31.2. The molecule has 0 aromatic rings. The second kappa shape index (κ2) is 40.6. The summed E-state index contributed by atoms with van der Waals surface area (Å²) in [6.07, 6.45) is 32.6. The van der Waals surface area contributed by atoms with Gasteiger partial charge in [-0.1, -0.05) is 157 Å². The van der Waals surface area contributed by atoms with Crippen LogP contribution in [0.1, 0.15) is 162 Å². The second-order valence-corrected chi connectivity index (χ2v) is 19.9. The molecule has 6 unspecified atom stereocenters. The van der Waals surface area contributed by atoms with Crippen LogP contribution in [0.15, 0.2) is 85.1 Å². The standard InChI is InChI=1S/C51H86O17P2/c1-3-5-7-9-11-13-15-17-18-19-20-21-22-24-26-28-30-32-34-38-44(53)64-40-43(41-65-70(62,63)68-51-48(57)46(55)47(56)50(49(51)58)67-69(59,60)61)66-45(54)39-35-37-42(52)36-33-31-29-27-25-23-16-14-12-10-8-6-4-2/h5,7,11,13,17-18,20-21,23,25,29,31,33,36,42-43,46-52,55-58H,3-4,6,8-10,12,14-16,19,22,24,26-28,30,32,34-35,37-41H2,1-2H3,(H,62,63)(H2,59,60,61)/b7-5-,13-11-,18-17-,21-20-,25-23+,31-29+,36-33+/t42?,43-,46?,47?,48?,49?,50-,51+/m1/s1. The Kier molecular flexibility index (Phi) is 37.8. The lowest BCUT2D eigenvalue weighted by Gasteiger charge is -2.43. The predicted molar refractivity (Wildman–Crippen MR) is 270 cm³/mol. The molecular formula is C51H86O17P2. The Hall–Kier alpha value is -2.86. The lowest BCUT2D eigenvalue weighted by atomic mass is 9.85. The van der Waals surface area contributed by atoms with Crippen LogP contribution < -0.4 is 0 Å². The van der Waals surface area contributed by atoms with Gasteiger partial charge in [-0.2, -0.15) is 0 Å². The third-order valence-corrected chi connectivity index (χ3v) is 12.6. The van der Waals surface area contributed by atoms with Crippen molar-refractivity contribution in [1.82, 2.24) is 0 Å². The Labute approximate surface area is 416 Å². The molecule has 1 fully saturated rings. The number of phosphoric acid groups is 2. The van der Waals surface area contributed by atoms with Crippen molar-refractivity contribution >= 4 is 27.6 Å². The average Bonchev–Trinajstić information content (AvgIpc) is 3.31. The Morgan fingerprint density at radius 1 is 0.543 bits per heavy atom. The number of carbonyl (C=O) groups is 2. The molecule has 9 atom stereocenters. The van der Waals surface area contributed by atoms with Crippen LogP contribution in [-0.4, -0.2) is 114 Å². The number of ether oxygens (including phenoxy) is 2. The number of unbranched alkanes of at least 4 members (excludes halogenated alkanes) is 12. The van der Waals surface area contributed by atoms with Crippen molar-refractivity contribution in [3.63, 3.8) is 0 Å². The first kappa shape index (κ1) is 65.2. The summed E-state index contributed by atoms with van der Waals surface area (Å²) in [7, 11) is -10.8. The Morgan fingerprint density at radius 3 is 1.61 bits per heavy atom. The fraction of sp³-hybridized carbons (Fsp3) is 0.686. The smallest absolute Gasteiger partial charge is 0.462 e. The molecule has 0 aromatic heterocycles. The number of hydrogen-bond acceptors (Lipinski definition) is 14. The Morgan fingerprint density at radius 2 is 1.04 bits per heavy atom. The van der Waals surface area contributed by atoms with Gasteiger partial charge in [-0.05, 0) is 77.0 Å². The number of aliphatic hydroxyl groups is 5. The first-order chi connectivity index (χ1) is 33.5. The summed E-state index contributed by atoms with van der Waals surface area (Å²) >= 11 is 0. The SMILES string of the molecule is CC/C=C\C/C=C\C/C=C\C/C=C\CCCCCCCCC(=O)OC[C@H](COP(=O)(O)O[C@H]1C(O)C(O)C(O)[C@@H](OP(=O)(O)O)C1O)OC(=O)CCCC(O)/C=C/C=C/C/C=C/CCCCCCCC. The minimum atomic E-state index is -5.39. The number of aliphatic hydroxyl groups excluding tert-OH is 5. The normalized spacial score (nSPS) is 22.1. The van der Waals surface area contributed by atoms with Gasteiger partial charge in [0, 0.05) is 12.8 Å². The van der Waals surface area contributed by atoms with E-state index in [9.17, 15) is 58.9 Å². The molecule has 0 aliphatic heterocycles. The molecule has 19 heteroatoms. The van der Waals surface area contributed by atoms with E-state index in [4.69, 9.17) is 18.5 Å².